The second-order valence-electron chi connectivity index (χ2n) is 15.6. The third kappa shape index (κ3) is 10.1. The highest BCUT2D eigenvalue weighted by Crippen LogP contribution is 2.65. The highest BCUT2D eigenvalue weighted by molar-refractivity contribution is 7.89. The summed E-state index contributed by atoms with van der Waals surface area (Å²) in [5.41, 5.74) is -0.767. The van der Waals surface area contributed by atoms with Crippen LogP contribution in [0, 0.1) is 22.7 Å². The molecule has 3 rings (SSSR count). The van der Waals surface area contributed by atoms with Gasteiger partial charge in [-0.15, -0.1) is 6.58 Å². The fraction of sp³-hybridized carbons (Fsp3) is 0.800. The first kappa shape index (κ1) is 41.4. The van der Waals surface area contributed by atoms with Gasteiger partial charge in [0.05, 0.1) is 17.9 Å². The first-order chi connectivity index (χ1) is 23.3. The lowest BCUT2D eigenvalue weighted by Crippen LogP contribution is -2.62. The van der Waals surface area contributed by atoms with Crippen molar-refractivity contribution in [2.75, 3.05) is 39.0 Å². The molecule has 3 aliphatic rings. The minimum absolute atomic E-state index is 0.0239. The number of carbonyl (C=O) groups excluding carboxylic acids is 5. The fourth-order valence-electron chi connectivity index (χ4n) is 7.12. The summed E-state index contributed by atoms with van der Waals surface area (Å²) in [5, 5.41) is 11.0. The van der Waals surface area contributed by atoms with Gasteiger partial charge in [-0.2, -0.15) is 0 Å². The number of nitrogens with zero attached hydrogens (tertiary/aromatic N) is 2. The van der Waals surface area contributed by atoms with Crippen LogP contribution < -0.4 is 21.3 Å². The molecule has 0 aromatic rings. The molecule has 2 aliphatic heterocycles. The third-order valence-corrected chi connectivity index (χ3v) is 12.5. The Morgan fingerprint density at radius 2 is 1.78 bits per heavy atom. The lowest BCUT2D eigenvalue weighted by molar-refractivity contribution is -0.146. The Morgan fingerprint density at radius 1 is 1.14 bits per heavy atom. The maximum absolute atomic E-state index is 14.5. The zero-order chi connectivity index (χ0) is 37.6. The van der Waals surface area contributed by atoms with E-state index in [1.807, 2.05) is 34.6 Å². The van der Waals surface area contributed by atoms with Crippen LogP contribution in [0.15, 0.2) is 12.7 Å². The summed E-state index contributed by atoms with van der Waals surface area (Å²) in [5.74, 6) is -2.78. The van der Waals surface area contributed by atoms with E-state index in [2.05, 4.69) is 27.8 Å². The van der Waals surface area contributed by atoms with Crippen molar-refractivity contribution in [1.82, 2.24) is 30.5 Å². The summed E-state index contributed by atoms with van der Waals surface area (Å²) in [6.45, 7) is 17.3. The number of sulfonamides is 1. The van der Waals surface area contributed by atoms with Crippen molar-refractivity contribution in [2.24, 2.45) is 22.7 Å². The maximum Gasteiger partial charge on any atom is 0.315 e. The molecule has 3 fully saturated rings. The number of hydrogen-bond donors (Lipinski definition) is 4. The molecule has 1 aliphatic carbocycles. The van der Waals surface area contributed by atoms with E-state index >= 15 is 0 Å². The molecular weight excluding hydrogens is 664 g/mol. The zero-order valence-corrected chi connectivity index (χ0v) is 32.0. The highest BCUT2D eigenvalue weighted by Gasteiger charge is 2.69. The van der Waals surface area contributed by atoms with Crippen LogP contribution in [-0.2, 0) is 33.9 Å². The Balaban J connectivity index is 1.91. The fourth-order valence-corrected chi connectivity index (χ4v) is 7.94. The van der Waals surface area contributed by atoms with Gasteiger partial charge in [0.2, 0.25) is 27.6 Å². The molecular formula is C35H60N6O8S. The molecule has 0 spiro atoms. The number of piperidine rings is 1. The second kappa shape index (κ2) is 17.0. The molecule has 2 heterocycles. The van der Waals surface area contributed by atoms with Crippen LogP contribution in [-0.4, -0.2) is 116 Å². The van der Waals surface area contributed by atoms with Gasteiger partial charge in [0.15, 0.2) is 0 Å². The smallest absolute Gasteiger partial charge is 0.315 e. The van der Waals surface area contributed by atoms with Gasteiger partial charge < -0.3 is 30.9 Å². The Bertz CT molecular complexity index is 1380. The van der Waals surface area contributed by atoms with Crippen LogP contribution in [0.5, 0.6) is 0 Å². The highest BCUT2D eigenvalue weighted by atomic mass is 32.2. The van der Waals surface area contributed by atoms with E-state index in [0.717, 1.165) is 25.7 Å². The predicted molar refractivity (Wildman–Crippen MR) is 190 cm³/mol. The number of likely N-dealkylation sites (N-methyl/N-ethyl adjacent to an activating group) is 1. The van der Waals surface area contributed by atoms with E-state index in [4.69, 9.17) is 4.74 Å². The third-order valence-electron chi connectivity index (χ3n) is 10.7. The number of urea groups is 1. The van der Waals surface area contributed by atoms with Gasteiger partial charge in [-0.3, -0.25) is 19.2 Å². The molecule has 4 N–H and O–H groups in total. The van der Waals surface area contributed by atoms with Crippen LogP contribution in [0.1, 0.15) is 87.0 Å². The quantitative estimate of drug-likeness (QED) is 0.195. The van der Waals surface area contributed by atoms with E-state index in [9.17, 15) is 32.4 Å². The number of hydrogen-bond acceptors (Lipinski definition) is 8. The van der Waals surface area contributed by atoms with Gasteiger partial charge >= 0.3 is 6.03 Å². The molecule has 50 heavy (non-hydrogen) atoms. The average molecular weight is 725 g/mol. The Kier molecular flexibility index (Phi) is 14.1. The van der Waals surface area contributed by atoms with Crippen molar-refractivity contribution in [3.63, 3.8) is 0 Å². The number of fused-ring (bicyclic) bond motifs is 3. The average Bonchev–Trinajstić information content (AvgIpc) is 3.34. The first-order valence-corrected chi connectivity index (χ1v) is 19.5. The number of nitrogens with one attached hydrogen (secondary N) is 4. The molecule has 0 aromatic heterocycles. The number of amides is 5. The van der Waals surface area contributed by atoms with Gasteiger partial charge in [-0.05, 0) is 49.4 Å². The molecule has 0 aromatic carbocycles. The summed E-state index contributed by atoms with van der Waals surface area (Å²) in [7, 11) is -2.05. The summed E-state index contributed by atoms with van der Waals surface area (Å²) < 4.78 is 32.4. The molecule has 2 saturated heterocycles. The van der Waals surface area contributed by atoms with Crippen LogP contribution in [0.4, 0.5) is 4.79 Å². The largest absolute Gasteiger partial charge is 0.376 e. The predicted octanol–water partition coefficient (Wildman–Crippen LogP) is 1.95. The van der Waals surface area contributed by atoms with Crippen molar-refractivity contribution in [2.45, 2.75) is 117 Å². The molecule has 0 bridgehead atoms. The molecule has 7 atom stereocenters. The van der Waals surface area contributed by atoms with E-state index in [1.54, 1.807) is 13.8 Å². The number of rotatable bonds is 10. The summed E-state index contributed by atoms with van der Waals surface area (Å²) in [6, 6.07) is -4.42. The maximum atomic E-state index is 14.5. The van der Waals surface area contributed by atoms with Crippen LogP contribution in [0.3, 0.4) is 0 Å². The number of ether oxygens (including phenoxy) is 1. The second-order valence-corrected chi connectivity index (χ2v) is 18.0. The number of carbonyl (C=O) groups is 5. The van der Waals surface area contributed by atoms with Crippen molar-refractivity contribution in [3.05, 3.63) is 12.7 Å². The molecule has 5 amide bonds. The van der Waals surface area contributed by atoms with Crippen LogP contribution in [0.2, 0.25) is 0 Å². The molecule has 1 saturated carbocycles. The van der Waals surface area contributed by atoms with Crippen molar-refractivity contribution < 1.29 is 37.1 Å². The standard InChI is InChI=1S/C35H60N6O8S/c1-10-18-36-31(44)29(42)24-17-15-13-12-14-16-19-49-22(3)27(32(45)41-20-23-26(35(23,7)8)28(41)30(43)37-24)39-33(46)38-25(34(4,5)6)21-40(9)50(47,48)11-2/h10,22-28H,1,11-21H2,2-9H3,(H,36,44)(H,37,43)(H2,38,39,46)/t22-,23-,24-,25+,26-,27-,28-/m0/s1. The molecule has 14 nitrogen and oxygen atoms in total. The lowest BCUT2D eigenvalue weighted by Gasteiger charge is -2.37. The van der Waals surface area contributed by atoms with Crippen LogP contribution in [0.25, 0.3) is 0 Å². The topological polar surface area (TPSA) is 183 Å². The molecule has 284 valence electrons. The normalized spacial score (nSPS) is 28.5. The first-order valence-electron chi connectivity index (χ1n) is 17.9. The van der Waals surface area contributed by atoms with Gasteiger partial charge in [0.25, 0.3) is 5.91 Å². The van der Waals surface area contributed by atoms with E-state index < -0.39 is 75.2 Å². The Labute approximate surface area is 298 Å². The summed E-state index contributed by atoms with van der Waals surface area (Å²) >= 11 is 0. The Hall–Kier alpha value is -3.04. The van der Waals surface area contributed by atoms with Gasteiger partial charge in [-0.1, -0.05) is 66.4 Å². The summed E-state index contributed by atoms with van der Waals surface area (Å²) in [6.07, 6.45) is 4.82. The van der Waals surface area contributed by atoms with Crippen molar-refractivity contribution >= 4 is 39.6 Å². The summed E-state index contributed by atoms with van der Waals surface area (Å²) in [4.78, 5) is 69.5. The van der Waals surface area contributed by atoms with Crippen molar-refractivity contribution in [3.8, 4) is 0 Å². The molecule has 0 radical (unpaired) electrons. The monoisotopic (exact) mass is 724 g/mol. The van der Waals surface area contributed by atoms with Gasteiger partial charge in [-0.25, -0.2) is 17.5 Å². The minimum atomic E-state index is -3.52. The van der Waals surface area contributed by atoms with E-state index in [-0.39, 0.29) is 49.1 Å². The number of ketones is 1. The van der Waals surface area contributed by atoms with Gasteiger partial charge in [0.1, 0.15) is 12.1 Å². The lowest BCUT2D eigenvalue weighted by atomic mass is 9.87. The zero-order valence-electron chi connectivity index (χ0n) is 31.2. The Morgan fingerprint density at radius 3 is 2.40 bits per heavy atom. The number of Topliss-reactive ketones (excluding diaryl/α,β-unsaturated/α-hetero) is 1. The minimum Gasteiger partial charge on any atom is -0.376 e. The van der Waals surface area contributed by atoms with Crippen LogP contribution >= 0.6 is 0 Å². The molecule has 0 unspecified atom stereocenters. The van der Waals surface area contributed by atoms with Crippen molar-refractivity contribution in [1.29, 1.82) is 0 Å². The van der Waals surface area contributed by atoms with E-state index in [1.165, 1.54) is 22.3 Å². The van der Waals surface area contributed by atoms with E-state index in [0.29, 0.717) is 13.0 Å². The van der Waals surface area contributed by atoms with Gasteiger partial charge in [0, 0.05) is 39.3 Å². The molecule has 15 heteroatoms. The SMILES string of the molecule is C=CCNC(=O)C(=O)[C@@H]1CCCCCCCO[C@@H](C)[C@H](NC(=O)N[C@H](CN(C)S(=O)(=O)CC)C(C)(C)C)C(=O)N2C[C@H]3[C@@H]([C@H]2C(=O)N1)C3(C)C.